The molecular weight excluding hydrogens is 389 g/mol. The number of benzene rings is 1. The summed E-state index contributed by atoms with van der Waals surface area (Å²) in [5.41, 5.74) is 1.07. The van der Waals surface area contributed by atoms with Crippen molar-refractivity contribution in [1.29, 1.82) is 0 Å². The molecule has 1 saturated heterocycles. The van der Waals surface area contributed by atoms with Crippen LogP contribution in [0.1, 0.15) is 39.7 Å². The molecule has 1 amide bonds. The quantitative estimate of drug-likeness (QED) is 0.699. The molecule has 0 aliphatic carbocycles. The standard InChI is InChI=1S/C20H23F3N2O2S/c21-20(22,23)14-27-13-15-5-7-16(8-6-15)19(26)24-12-17(18-4-3-11-28-18)25-9-1-2-10-25/h3-8,11,17H,1-2,9-10,12-14H2,(H,24,26). The molecule has 1 N–H and O–H groups in total. The molecule has 0 spiro atoms. The Labute approximate surface area is 166 Å². The van der Waals surface area contributed by atoms with Crippen LogP contribution in [-0.4, -0.2) is 43.2 Å². The molecule has 28 heavy (non-hydrogen) atoms. The maximum atomic E-state index is 12.5. The van der Waals surface area contributed by atoms with Crippen molar-refractivity contribution in [3.8, 4) is 0 Å². The minimum absolute atomic E-state index is 0.142. The number of hydrogen-bond acceptors (Lipinski definition) is 4. The Morgan fingerprint density at radius 2 is 1.89 bits per heavy atom. The first kappa shape index (κ1) is 20.8. The van der Waals surface area contributed by atoms with Crippen LogP contribution in [0, 0.1) is 0 Å². The predicted octanol–water partition coefficient (Wildman–Crippen LogP) is 4.39. The van der Waals surface area contributed by atoms with Crippen molar-refractivity contribution < 1.29 is 22.7 Å². The number of nitrogens with one attached hydrogen (secondary N) is 1. The van der Waals surface area contributed by atoms with Crippen LogP contribution in [0.5, 0.6) is 0 Å². The van der Waals surface area contributed by atoms with Crippen LogP contribution >= 0.6 is 11.3 Å². The van der Waals surface area contributed by atoms with Crippen molar-refractivity contribution in [3.05, 3.63) is 57.8 Å². The molecule has 2 aromatic rings. The molecule has 4 nitrogen and oxygen atoms in total. The zero-order valence-electron chi connectivity index (χ0n) is 15.4. The van der Waals surface area contributed by atoms with E-state index in [1.54, 1.807) is 35.6 Å². The summed E-state index contributed by atoms with van der Waals surface area (Å²) in [4.78, 5) is 16.1. The summed E-state index contributed by atoms with van der Waals surface area (Å²) >= 11 is 1.69. The van der Waals surface area contributed by atoms with Crippen molar-refractivity contribution in [2.45, 2.75) is 31.7 Å². The number of halogens is 3. The molecule has 3 rings (SSSR count). The van der Waals surface area contributed by atoms with Gasteiger partial charge in [0.15, 0.2) is 0 Å². The van der Waals surface area contributed by atoms with Crippen LogP contribution in [0.25, 0.3) is 0 Å². The van der Waals surface area contributed by atoms with E-state index in [0.29, 0.717) is 17.7 Å². The highest BCUT2D eigenvalue weighted by Gasteiger charge is 2.27. The van der Waals surface area contributed by atoms with Gasteiger partial charge in [0.25, 0.3) is 5.91 Å². The second kappa shape index (κ2) is 9.54. The summed E-state index contributed by atoms with van der Waals surface area (Å²) < 4.78 is 41.0. The number of ether oxygens (including phenoxy) is 1. The highest BCUT2D eigenvalue weighted by atomic mass is 32.1. The first-order valence-corrected chi connectivity index (χ1v) is 10.1. The average Bonchev–Trinajstić information content (AvgIpc) is 3.36. The third-order valence-electron chi connectivity index (χ3n) is 4.66. The van der Waals surface area contributed by atoms with Gasteiger partial charge in [-0.05, 0) is 55.1 Å². The summed E-state index contributed by atoms with van der Waals surface area (Å²) in [6.45, 7) is 1.17. The highest BCUT2D eigenvalue weighted by Crippen LogP contribution is 2.28. The van der Waals surface area contributed by atoms with E-state index in [-0.39, 0.29) is 18.6 Å². The van der Waals surface area contributed by atoms with E-state index in [1.807, 2.05) is 11.4 Å². The van der Waals surface area contributed by atoms with E-state index < -0.39 is 12.8 Å². The number of rotatable bonds is 8. The summed E-state index contributed by atoms with van der Waals surface area (Å²) in [5, 5.41) is 5.03. The van der Waals surface area contributed by atoms with E-state index in [4.69, 9.17) is 0 Å². The van der Waals surface area contributed by atoms with E-state index in [9.17, 15) is 18.0 Å². The molecule has 152 valence electrons. The summed E-state index contributed by atoms with van der Waals surface area (Å²) in [6.07, 6.45) is -1.99. The molecule has 1 atom stereocenters. The van der Waals surface area contributed by atoms with Gasteiger partial charge in [-0.15, -0.1) is 11.3 Å². The SMILES string of the molecule is O=C(NCC(c1cccs1)N1CCCC1)c1ccc(COCC(F)(F)F)cc1. The first-order chi connectivity index (χ1) is 13.4. The smallest absolute Gasteiger partial charge is 0.367 e. The van der Waals surface area contributed by atoms with Crippen LogP contribution < -0.4 is 5.32 Å². The molecule has 1 aromatic carbocycles. The van der Waals surface area contributed by atoms with Gasteiger partial charge in [0.2, 0.25) is 0 Å². The molecule has 2 heterocycles. The van der Waals surface area contributed by atoms with Crippen molar-refractivity contribution in [1.82, 2.24) is 10.2 Å². The second-order valence-corrected chi connectivity index (χ2v) is 7.77. The van der Waals surface area contributed by atoms with Crippen LogP contribution in [0.2, 0.25) is 0 Å². The Hall–Kier alpha value is -1.90. The number of thiophene rings is 1. The van der Waals surface area contributed by atoms with Gasteiger partial charge < -0.3 is 10.1 Å². The van der Waals surface area contributed by atoms with Crippen molar-refractivity contribution in [2.24, 2.45) is 0 Å². The minimum Gasteiger partial charge on any atom is -0.367 e. The molecule has 0 bridgehead atoms. The lowest BCUT2D eigenvalue weighted by Crippen LogP contribution is -2.36. The predicted molar refractivity (Wildman–Crippen MR) is 102 cm³/mol. The monoisotopic (exact) mass is 412 g/mol. The average molecular weight is 412 g/mol. The molecular formula is C20H23F3N2O2S. The van der Waals surface area contributed by atoms with Gasteiger partial charge in [-0.2, -0.15) is 13.2 Å². The van der Waals surface area contributed by atoms with Gasteiger partial charge >= 0.3 is 6.18 Å². The van der Waals surface area contributed by atoms with E-state index in [1.165, 1.54) is 17.7 Å². The van der Waals surface area contributed by atoms with E-state index in [2.05, 4.69) is 21.0 Å². The van der Waals surface area contributed by atoms with Crippen molar-refractivity contribution >= 4 is 17.2 Å². The zero-order valence-corrected chi connectivity index (χ0v) is 16.2. The number of nitrogens with zero attached hydrogens (tertiary/aromatic N) is 1. The van der Waals surface area contributed by atoms with Gasteiger partial charge in [0.1, 0.15) is 6.61 Å². The number of hydrogen-bond donors (Lipinski definition) is 1. The fraction of sp³-hybridized carbons (Fsp3) is 0.450. The zero-order chi connectivity index (χ0) is 20.0. The second-order valence-electron chi connectivity index (χ2n) is 6.79. The summed E-state index contributed by atoms with van der Waals surface area (Å²) in [6, 6.07) is 10.7. The Bertz CT molecular complexity index is 742. The van der Waals surface area contributed by atoms with Crippen molar-refractivity contribution in [2.75, 3.05) is 26.2 Å². The molecule has 1 aliphatic rings. The first-order valence-electron chi connectivity index (χ1n) is 9.21. The normalized spacial score (nSPS) is 16.2. The van der Waals surface area contributed by atoms with Gasteiger partial charge in [-0.25, -0.2) is 0 Å². The van der Waals surface area contributed by atoms with Crippen LogP contribution in [0.3, 0.4) is 0 Å². The fourth-order valence-electron chi connectivity index (χ4n) is 3.27. The molecule has 1 unspecified atom stereocenters. The number of carbonyl (C=O) groups excluding carboxylic acids is 1. The fourth-order valence-corrected chi connectivity index (χ4v) is 4.13. The number of alkyl halides is 3. The third kappa shape index (κ3) is 6.05. The lowest BCUT2D eigenvalue weighted by atomic mass is 10.1. The Kier molecular flexibility index (Phi) is 7.09. The Balaban J connectivity index is 1.53. The molecule has 8 heteroatoms. The number of likely N-dealkylation sites (tertiary alicyclic amines) is 1. The molecule has 0 radical (unpaired) electrons. The topological polar surface area (TPSA) is 41.6 Å². The van der Waals surface area contributed by atoms with E-state index in [0.717, 1.165) is 13.1 Å². The summed E-state index contributed by atoms with van der Waals surface area (Å²) in [5.74, 6) is -0.191. The lowest BCUT2D eigenvalue weighted by Gasteiger charge is -2.27. The Morgan fingerprint density at radius 3 is 2.50 bits per heavy atom. The minimum atomic E-state index is -4.34. The van der Waals surface area contributed by atoms with Gasteiger partial charge in [-0.1, -0.05) is 18.2 Å². The maximum Gasteiger partial charge on any atom is 0.411 e. The molecule has 0 saturated carbocycles. The van der Waals surface area contributed by atoms with Crippen LogP contribution in [0.15, 0.2) is 41.8 Å². The van der Waals surface area contributed by atoms with E-state index >= 15 is 0 Å². The maximum absolute atomic E-state index is 12.5. The Morgan fingerprint density at radius 1 is 1.18 bits per heavy atom. The molecule has 1 aliphatic heterocycles. The van der Waals surface area contributed by atoms with Crippen LogP contribution in [0.4, 0.5) is 13.2 Å². The summed E-state index contributed by atoms with van der Waals surface area (Å²) in [7, 11) is 0. The molecule has 1 fully saturated rings. The third-order valence-corrected chi connectivity index (χ3v) is 5.63. The van der Waals surface area contributed by atoms with Gasteiger partial charge in [0.05, 0.1) is 12.6 Å². The van der Waals surface area contributed by atoms with Crippen molar-refractivity contribution in [3.63, 3.8) is 0 Å². The lowest BCUT2D eigenvalue weighted by molar-refractivity contribution is -0.176. The molecule has 1 aromatic heterocycles. The largest absolute Gasteiger partial charge is 0.411 e. The number of amides is 1. The van der Waals surface area contributed by atoms with Crippen LogP contribution in [-0.2, 0) is 11.3 Å². The highest BCUT2D eigenvalue weighted by molar-refractivity contribution is 7.10. The number of carbonyl (C=O) groups is 1. The van der Waals surface area contributed by atoms with Gasteiger partial charge in [0, 0.05) is 17.0 Å². The van der Waals surface area contributed by atoms with Gasteiger partial charge in [-0.3, -0.25) is 9.69 Å².